The molecule has 2 unspecified atom stereocenters. The molecule has 0 spiro atoms. The highest BCUT2D eigenvalue weighted by Gasteiger charge is 2.54. The number of likely N-dealkylation sites (tertiary alicyclic amines) is 1. The minimum atomic E-state index is -0.290. The van der Waals surface area contributed by atoms with Crippen LogP contribution in [-0.4, -0.2) is 76.1 Å². The zero-order valence-electron chi connectivity index (χ0n) is 14.6. The van der Waals surface area contributed by atoms with E-state index < -0.39 is 0 Å². The van der Waals surface area contributed by atoms with E-state index >= 15 is 0 Å². The average Bonchev–Trinajstić information content (AvgIpc) is 3.39. The summed E-state index contributed by atoms with van der Waals surface area (Å²) in [6, 6.07) is 0.0545. The maximum absolute atomic E-state index is 13.3. The highest BCUT2D eigenvalue weighted by molar-refractivity contribution is 5.80. The molecule has 4 rings (SSSR count). The van der Waals surface area contributed by atoms with E-state index in [4.69, 9.17) is 9.47 Å². The molecule has 2 saturated heterocycles. The van der Waals surface area contributed by atoms with Crippen LogP contribution in [0.4, 0.5) is 0 Å². The second-order valence-electron chi connectivity index (χ2n) is 7.06. The van der Waals surface area contributed by atoms with Crippen LogP contribution in [0.2, 0.25) is 0 Å². The Bertz CT molecular complexity index is 612. The topological polar surface area (TPSA) is 106 Å². The van der Waals surface area contributed by atoms with Crippen LogP contribution in [0, 0.1) is 5.92 Å². The third kappa shape index (κ3) is 2.73. The summed E-state index contributed by atoms with van der Waals surface area (Å²) >= 11 is 0. The number of ether oxygens (including phenoxy) is 2. The molecule has 25 heavy (non-hydrogen) atoms. The Balaban J connectivity index is 1.55. The van der Waals surface area contributed by atoms with Gasteiger partial charge >= 0.3 is 0 Å². The monoisotopic (exact) mass is 351 g/mol. The van der Waals surface area contributed by atoms with E-state index in [1.165, 1.54) is 6.33 Å². The van der Waals surface area contributed by atoms with Gasteiger partial charge in [0, 0.05) is 27.3 Å². The number of hydrogen-bond donors (Lipinski definition) is 2. The molecule has 3 heterocycles. The van der Waals surface area contributed by atoms with Crippen molar-refractivity contribution in [1.29, 1.82) is 0 Å². The van der Waals surface area contributed by atoms with Gasteiger partial charge in [-0.15, -0.1) is 5.10 Å². The lowest BCUT2D eigenvalue weighted by atomic mass is 9.79. The van der Waals surface area contributed by atoms with E-state index in [2.05, 4.69) is 26.4 Å². The number of tetrazole rings is 1. The molecule has 0 aromatic carbocycles. The van der Waals surface area contributed by atoms with Crippen molar-refractivity contribution in [2.45, 2.75) is 49.6 Å². The summed E-state index contributed by atoms with van der Waals surface area (Å²) in [5.74, 6) is -0.155. The van der Waals surface area contributed by atoms with Crippen LogP contribution in [-0.2, 0) is 14.3 Å². The molecule has 138 valence electrons. The molecule has 1 aromatic heterocycles. The van der Waals surface area contributed by atoms with Crippen molar-refractivity contribution < 1.29 is 14.3 Å². The van der Waals surface area contributed by atoms with Gasteiger partial charge in [0.05, 0.1) is 23.7 Å². The van der Waals surface area contributed by atoms with Crippen LogP contribution in [0.3, 0.4) is 0 Å². The lowest BCUT2D eigenvalue weighted by Gasteiger charge is -2.43. The third-order valence-electron chi connectivity index (χ3n) is 6.08. The van der Waals surface area contributed by atoms with Crippen LogP contribution in [0.15, 0.2) is 6.33 Å². The maximum Gasteiger partial charge on any atom is 0.230 e. The molecule has 2 N–H and O–H groups in total. The molecule has 3 aliphatic rings. The molecule has 0 radical (unpaired) electrons. The number of methoxy groups -OCH3 is 2. The van der Waals surface area contributed by atoms with Crippen molar-refractivity contribution in [3.63, 3.8) is 0 Å². The molecular formula is C15H25N7O3. The lowest BCUT2D eigenvalue weighted by molar-refractivity contribution is -0.145. The van der Waals surface area contributed by atoms with Gasteiger partial charge in [0.15, 0.2) is 0 Å². The van der Waals surface area contributed by atoms with Crippen LogP contribution in [0.5, 0.6) is 0 Å². The number of hydrazine groups is 1. The SMILES string of the molecule is CO[C@H]1CC[C@]2(OC)CCN(C(=O)C3CNNC3n3cnnn3)[C@@H]2C1. The third-order valence-corrected chi connectivity index (χ3v) is 6.08. The highest BCUT2D eigenvalue weighted by atomic mass is 16.5. The van der Waals surface area contributed by atoms with Crippen molar-refractivity contribution in [1.82, 2.24) is 36.0 Å². The molecule has 0 bridgehead atoms. The van der Waals surface area contributed by atoms with Crippen LogP contribution < -0.4 is 10.9 Å². The number of carbonyl (C=O) groups is 1. The maximum atomic E-state index is 13.3. The molecule has 10 heteroatoms. The van der Waals surface area contributed by atoms with Crippen molar-refractivity contribution in [2.75, 3.05) is 27.3 Å². The first-order chi connectivity index (χ1) is 12.2. The molecule has 1 saturated carbocycles. The number of fused-ring (bicyclic) bond motifs is 1. The normalized spacial score (nSPS) is 38.1. The second kappa shape index (κ2) is 6.60. The predicted octanol–water partition coefficient (Wildman–Crippen LogP) is -0.919. The molecule has 3 fully saturated rings. The molecule has 1 aliphatic carbocycles. The smallest absolute Gasteiger partial charge is 0.230 e. The first kappa shape index (κ1) is 16.8. The minimum absolute atomic E-state index is 0.0545. The van der Waals surface area contributed by atoms with E-state index in [-0.39, 0.29) is 35.7 Å². The number of nitrogens with zero attached hydrogens (tertiary/aromatic N) is 5. The van der Waals surface area contributed by atoms with E-state index in [0.717, 1.165) is 25.7 Å². The largest absolute Gasteiger partial charge is 0.381 e. The van der Waals surface area contributed by atoms with Gasteiger partial charge in [0.2, 0.25) is 5.91 Å². The zero-order chi connectivity index (χ0) is 17.4. The van der Waals surface area contributed by atoms with E-state index in [1.807, 2.05) is 4.90 Å². The zero-order valence-corrected chi connectivity index (χ0v) is 14.6. The summed E-state index contributed by atoms with van der Waals surface area (Å²) in [5, 5.41) is 11.3. The Morgan fingerprint density at radius 1 is 1.36 bits per heavy atom. The first-order valence-electron chi connectivity index (χ1n) is 8.78. The van der Waals surface area contributed by atoms with Gasteiger partial charge in [-0.2, -0.15) is 0 Å². The molecule has 2 aliphatic heterocycles. The van der Waals surface area contributed by atoms with Crippen molar-refractivity contribution in [3.05, 3.63) is 6.33 Å². The Morgan fingerprint density at radius 3 is 2.96 bits per heavy atom. The lowest BCUT2D eigenvalue weighted by Crippen LogP contribution is -2.54. The van der Waals surface area contributed by atoms with Gasteiger partial charge in [0.1, 0.15) is 12.5 Å². The van der Waals surface area contributed by atoms with Gasteiger partial charge in [-0.3, -0.25) is 10.2 Å². The average molecular weight is 351 g/mol. The standard InChI is InChI=1S/C15H25N7O3/c1-24-10-3-4-15(25-2)5-6-21(12(15)7-10)14(23)11-8-16-18-13(11)22-9-17-19-20-22/h9-13,16,18H,3-8H2,1-2H3/t10-,11?,12+,13?,15-/m0/s1. The molecule has 1 amide bonds. The Kier molecular flexibility index (Phi) is 4.44. The minimum Gasteiger partial charge on any atom is -0.381 e. The summed E-state index contributed by atoms with van der Waals surface area (Å²) in [6.07, 6.45) is 5.00. The summed E-state index contributed by atoms with van der Waals surface area (Å²) in [6.45, 7) is 1.26. The van der Waals surface area contributed by atoms with Gasteiger partial charge in [0.25, 0.3) is 0 Å². The van der Waals surface area contributed by atoms with E-state index in [9.17, 15) is 4.79 Å². The molecule has 1 aromatic rings. The van der Waals surface area contributed by atoms with Gasteiger partial charge < -0.3 is 14.4 Å². The second-order valence-corrected chi connectivity index (χ2v) is 7.06. The van der Waals surface area contributed by atoms with Crippen LogP contribution in [0.25, 0.3) is 0 Å². The fourth-order valence-electron chi connectivity index (χ4n) is 4.61. The molecular weight excluding hydrogens is 326 g/mol. The molecule has 10 nitrogen and oxygen atoms in total. The van der Waals surface area contributed by atoms with E-state index in [1.54, 1.807) is 18.9 Å². The number of hydrogen-bond acceptors (Lipinski definition) is 8. The Morgan fingerprint density at radius 2 is 2.24 bits per heavy atom. The van der Waals surface area contributed by atoms with Gasteiger partial charge in [-0.1, -0.05) is 0 Å². The Labute approximate surface area is 146 Å². The van der Waals surface area contributed by atoms with Crippen LogP contribution in [0.1, 0.15) is 31.8 Å². The number of amides is 1. The van der Waals surface area contributed by atoms with Crippen molar-refractivity contribution in [2.24, 2.45) is 5.92 Å². The summed E-state index contributed by atoms with van der Waals surface area (Å²) < 4.78 is 13.1. The van der Waals surface area contributed by atoms with Gasteiger partial charge in [-0.25, -0.2) is 10.1 Å². The predicted molar refractivity (Wildman–Crippen MR) is 86.0 cm³/mol. The Hall–Kier alpha value is -1.62. The first-order valence-corrected chi connectivity index (χ1v) is 8.78. The fourth-order valence-corrected chi connectivity index (χ4v) is 4.61. The van der Waals surface area contributed by atoms with E-state index in [0.29, 0.717) is 13.1 Å². The number of rotatable bonds is 4. The van der Waals surface area contributed by atoms with Crippen molar-refractivity contribution in [3.8, 4) is 0 Å². The summed E-state index contributed by atoms with van der Waals surface area (Å²) in [4.78, 5) is 15.3. The summed E-state index contributed by atoms with van der Waals surface area (Å²) in [5.41, 5.74) is 5.92. The number of carbonyl (C=O) groups excluding carboxylic acids is 1. The van der Waals surface area contributed by atoms with Gasteiger partial charge in [-0.05, 0) is 36.1 Å². The highest BCUT2D eigenvalue weighted by Crippen LogP contribution is 2.44. The number of nitrogens with one attached hydrogen (secondary N) is 2. The number of aromatic nitrogens is 4. The quantitative estimate of drug-likeness (QED) is 0.717. The van der Waals surface area contributed by atoms with Crippen LogP contribution >= 0.6 is 0 Å². The fraction of sp³-hybridized carbons (Fsp3) is 0.867. The molecule has 5 atom stereocenters. The summed E-state index contributed by atoms with van der Waals surface area (Å²) in [7, 11) is 3.50. The van der Waals surface area contributed by atoms with Crippen molar-refractivity contribution >= 4 is 5.91 Å².